The van der Waals surface area contributed by atoms with Crippen LogP contribution in [0.1, 0.15) is 49.4 Å². The zero-order valence-corrected chi connectivity index (χ0v) is 22.6. The highest BCUT2D eigenvalue weighted by Gasteiger charge is 2.20. The van der Waals surface area contributed by atoms with E-state index in [-0.39, 0.29) is 0 Å². The van der Waals surface area contributed by atoms with Crippen molar-refractivity contribution in [3.8, 4) is 34.0 Å². The van der Waals surface area contributed by atoms with Crippen molar-refractivity contribution in [1.82, 2.24) is 9.55 Å². The van der Waals surface area contributed by atoms with Crippen LogP contribution in [-0.4, -0.2) is 27.7 Å². The van der Waals surface area contributed by atoms with Crippen LogP contribution in [0, 0.1) is 0 Å². The van der Waals surface area contributed by atoms with Gasteiger partial charge in [0.05, 0.1) is 12.8 Å². The van der Waals surface area contributed by atoms with E-state index >= 15 is 0 Å². The molecular formula is C32H31ClN2O4. The normalized spacial score (nSPS) is 14.0. The summed E-state index contributed by atoms with van der Waals surface area (Å²) in [4.78, 5) is 15.8. The van der Waals surface area contributed by atoms with E-state index in [1.54, 1.807) is 13.2 Å². The zero-order valence-electron chi connectivity index (χ0n) is 21.8. The number of benzene rings is 3. The first-order valence-corrected chi connectivity index (χ1v) is 13.5. The Hall–Kier alpha value is -4.03. The molecule has 1 N–H and O–H groups in total. The Kier molecular flexibility index (Phi) is 8.33. The number of aromatic nitrogens is 2. The van der Waals surface area contributed by atoms with Crippen LogP contribution in [0.25, 0.3) is 28.6 Å². The molecule has 0 aliphatic heterocycles. The molecule has 3 aromatic carbocycles. The minimum Gasteiger partial charge on any atom is -0.497 e. The van der Waals surface area contributed by atoms with Crippen LogP contribution < -0.4 is 9.47 Å². The molecule has 1 aliphatic rings. The van der Waals surface area contributed by atoms with Crippen molar-refractivity contribution in [2.45, 2.75) is 44.8 Å². The lowest BCUT2D eigenvalue weighted by molar-refractivity contribution is -0.131. The second kappa shape index (κ2) is 12.2. The smallest absolute Gasteiger partial charge is 0.328 e. The second-order valence-corrected chi connectivity index (χ2v) is 10.1. The highest BCUT2D eigenvalue weighted by molar-refractivity contribution is 6.30. The van der Waals surface area contributed by atoms with Gasteiger partial charge < -0.3 is 19.1 Å². The third-order valence-corrected chi connectivity index (χ3v) is 7.34. The molecule has 5 rings (SSSR count). The van der Waals surface area contributed by atoms with Gasteiger partial charge in [-0.3, -0.25) is 0 Å². The Morgan fingerprint density at radius 2 is 1.69 bits per heavy atom. The number of ether oxygens (including phenoxy) is 2. The van der Waals surface area contributed by atoms with Gasteiger partial charge in [0.1, 0.15) is 23.9 Å². The average molecular weight is 543 g/mol. The molecule has 6 nitrogen and oxygen atoms in total. The number of carboxylic acids is 1. The third-order valence-electron chi connectivity index (χ3n) is 7.09. The van der Waals surface area contributed by atoms with Gasteiger partial charge in [0.2, 0.25) is 0 Å². The van der Waals surface area contributed by atoms with E-state index in [4.69, 9.17) is 31.2 Å². The summed E-state index contributed by atoms with van der Waals surface area (Å²) in [6.45, 7) is 0.370. The molecule has 200 valence electrons. The van der Waals surface area contributed by atoms with Crippen LogP contribution >= 0.6 is 11.6 Å². The van der Waals surface area contributed by atoms with Crippen LogP contribution in [0.5, 0.6) is 11.5 Å². The number of hydrogen-bond acceptors (Lipinski definition) is 4. The van der Waals surface area contributed by atoms with Crippen molar-refractivity contribution in [3.05, 3.63) is 95.3 Å². The lowest BCUT2D eigenvalue weighted by Crippen LogP contribution is -2.13. The molecule has 0 atom stereocenters. The molecule has 0 unspecified atom stereocenters. The van der Waals surface area contributed by atoms with E-state index in [9.17, 15) is 4.79 Å². The summed E-state index contributed by atoms with van der Waals surface area (Å²) < 4.78 is 13.9. The summed E-state index contributed by atoms with van der Waals surface area (Å²) in [7, 11) is 1.65. The summed E-state index contributed by atoms with van der Waals surface area (Å²) in [6.07, 6.45) is 10.5. The lowest BCUT2D eigenvalue weighted by atomic mass is 9.95. The maximum Gasteiger partial charge on any atom is 0.328 e. The Morgan fingerprint density at radius 1 is 1.00 bits per heavy atom. The number of carboxylic acid groups (broad SMARTS) is 1. The molecule has 0 radical (unpaired) electrons. The first kappa shape index (κ1) is 26.6. The molecule has 0 bridgehead atoms. The molecule has 1 aliphatic carbocycles. The molecule has 7 heteroatoms. The first-order chi connectivity index (χ1) is 19.0. The summed E-state index contributed by atoms with van der Waals surface area (Å²) in [5.74, 6) is 1.37. The number of nitrogens with zero attached hydrogens (tertiary/aromatic N) is 2. The van der Waals surface area contributed by atoms with Gasteiger partial charge >= 0.3 is 5.97 Å². The number of hydrogen-bond donors (Lipinski definition) is 1. The van der Waals surface area contributed by atoms with Gasteiger partial charge in [-0.2, -0.15) is 0 Å². The van der Waals surface area contributed by atoms with E-state index in [1.807, 2.05) is 72.9 Å². The van der Waals surface area contributed by atoms with Crippen molar-refractivity contribution in [1.29, 1.82) is 0 Å². The number of imidazole rings is 1. The largest absolute Gasteiger partial charge is 0.497 e. The van der Waals surface area contributed by atoms with Gasteiger partial charge in [0.25, 0.3) is 0 Å². The fourth-order valence-electron chi connectivity index (χ4n) is 5.09. The molecule has 0 amide bonds. The van der Waals surface area contributed by atoms with Gasteiger partial charge in [-0.15, -0.1) is 0 Å². The Balaban J connectivity index is 1.37. The number of halogens is 1. The third kappa shape index (κ3) is 6.52. The lowest BCUT2D eigenvalue weighted by Gasteiger charge is -2.24. The summed E-state index contributed by atoms with van der Waals surface area (Å²) in [5.41, 5.74) is 4.72. The van der Waals surface area contributed by atoms with E-state index < -0.39 is 5.97 Å². The highest BCUT2D eigenvalue weighted by Crippen LogP contribution is 2.34. The number of aliphatic carboxylic acids is 1. The van der Waals surface area contributed by atoms with Crippen LogP contribution in [0.3, 0.4) is 0 Å². The average Bonchev–Trinajstić information content (AvgIpc) is 3.40. The molecule has 0 saturated heterocycles. The monoisotopic (exact) mass is 542 g/mol. The molecule has 4 aromatic rings. The van der Waals surface area contributed by atoms with E-state index in [0.29, 0.717) is 23.4 Å². The van der Waals surface area contributed by atoms with E-state index in [0.717, 1.165) is 58.5 Å². The Morgan fingerprint density at radius 3 is 2.38 bits per heavy atom. The summed E-state index contributed by atoms with van der Waals surface area (Å²) in [6, 6.07) is 22.0. The quantitative estimate of drug-likeness (QED) is 0.216. The predicted octanol–water partition coefficient (Wildman–Crippen LogP) is 8.06. The Labute approximate surface area is 233 Å². The second-order valence-electron chi connectivity index (χ2n) is 9.70. The number of rotatable bonds is 9. The van der Waals surface area contributed by atoms with Gasteiger partial charge in [-0.05, 0) is 78.6 Å². The molecule has 1 heterocycles. The Bertz CT molecular complexity index is 1450. The van der Waals surface area contributed by atoms with Gasteiger partial charge in [0, 0.05) is 34.5 Å². The van der Waals surface area contributed by atoms with Crippen molar-refractivity contribution < 1.29 is 19.4 Å². The SMILES string of the molecule is COc1ccc(-c2ccc(Cl)cc2)c(COc2ccc(-c3nc(/C=C/C(=O)O)cn3C3CCCCC3)cc2)c1. The molecule has 1 saturated carbocycles. The van der Waals surface area contributed by atoms with Crippen molar-refractivity contribution in [2.24, 2.45) is 0 Å². The van der Waals surface area contributed by atoms with Crippen molar-refractivity contribution in [3.63, 3.8) is 0 Å². The topological polar surface area (TPSA) is 73.6 Å². The van der Waals surface area contributed by atoms with Crippen LogP contribution in [0.4, 0.5) is 0 Å². The first-order valence-electron chi connectivity index (χ1n) is 13.2. The maximum absolute atomic E-state index is 11.0. The fraction of sp³-hybridized carbons (Fsp3) is 0.250. The molecule has 0 spiro atoms. The number of methoxy groups -OCH3 is 1. The van der Waals surface area contributed by atoms with Crippen LogP contribution in [0.2, 0.25) is 5.02 Å². The summed E-state index contributed by atoms with van der Waals surface area (Å²) >= 11 is 6.09. The van der Waals surface area contributed by atoms with Gasteiger partial charge in [-0.1, -0.05) is 49.1 Å². The maximum atomic E-state index is 11.0. The van der Waals surface area contributed by atoms with E-state index in [1.165, 1.54) is 19.3 Å². The summed E-state index contributed by atoms with van der Waals surface area (Å²) in [5, 5.41) is 9.75. The number of carbonyl (C=O) groups is 1. The van der Waals surface area contributed by atoms with Gasteiger partial charge in [0.15, 0.2) is 0 Å². The van der Waals surface area contributed by atoms with Crippen molar-refractivity contribution in [2.75, 3.05) is 7.11 Å². The minimum absolute atomic E-state index is 0.364. The van der Waals surface area contributed by atoms with E-state index in [2.05, 4.69) is 4.57 Å². The highest BCUT2D eigenvalue weighted by atomic mass is 35.5. The molecule has 39 heavy (non-hydrogen) atoms. The fourth-order valence-corrected chi connectivity index (χ4v) is 5.22. The molecular weight excluding hydrogens is 512 g/mol. The molecule has 1 aromatic heterocycles. The minimum atomic E-state index is -0.986. The standard InChI is InChI=1S/C32H31ClN2O4/c1-38-29-16-17-30(22-7-11-25(33)12-8-22)24(19-29)21-39-28-14-9-23(10-15-28)32-34-26(13-18-31(36)37)20-35(32)27-5-3-2-4-6-27/h7-20,27H,2-6,21H2,1H3,(H,36,37)/b18-13+. The van der Waals surface area contributed by atoms with Crippen LogP contribution in [-0.2, 0) is 11.4 Å². The molecule has 1 fully saturated rings. The van der Waals surface area contributed by atoms with Crippen LogP contribution in [0.15, 0.2) is 79.0 Å². The predicted molar refractivity (Wildman–Crippen MR) is 154 cm³/mol. The van der Waals surface area contributed by atoms with Crippen molar-refractivity contribution >= 4 is 23.6 Å². The zero-order chi connectivity index (χ0) is 27.2. The van der Waals surface area contributed by atoms with Gasteiger partial charge in [-0.25, -0.2) is 9.78 Å².